The molecule has 1 atom stereocenters. The molecule has 0 N–H and O–H groups in total. The minimum Gasteiger partial charge on any atom is -0.484 e. The summed E-state index contributed by atoms with van der Waals surface area (Å²) >= 11 is 6.06. The van der Waals surface area contributed by atoms with Crippen LogP contribution in [0.5, 0.6) is 5.75 Å². The molecule has 0 aliphatic carbocycles. The number of amides is 1. The molecule has 1 fully saturated rings. The van der Waals surface area contributed by atoms with Crippen molar-refractivity contribution in [1.29, 1.82) is 0 Å². The molecule has 8 heteroatoms. The molecular formula is C24H31ClN2O4S. The Morgan fingerprint density at radius 2 is 1.81 bits per heavy atom. The minimum absolute atomic E-state index is 0.00365. The van der Waals surface area contributed by atoms with Crippen molar-refractivity contribution in [2.45, 2.75) is 39.8 Å². The van der Waals surface area contributed by atoms with E-state index in [0.717, 1.165) is 29.9 Å². The summed E-state index contributed by atoms with van der Waals surface area (Å²) in [6, 6.07) is 13.0. The fourth-order valence-corrected chi connectivity index (χ4v) is 5.82. The van der Waals surface area contributed by atoms with Crippen LogP contribution in [0.25, 0.3) is 0 Å². The molecule has 0 aromatic heterocycles. The third-order valence-corrected chi connectivity index (χ3v) is 8.05. The summed E-state index contributed by atoms with van der Waals surface area (Å²) < 4.78 is 29.8. The van der Waals surface area contributed by atoms with Crippen LogP contribution in [0.3, 0.4) is 0 Å². The Kier molecular flexibility index (Phi) is 8.06. The van der Waals surface area contributed by atoms with E-state index in [0.29, 0.717) is 23.7 Å². The Labute approximate surface area is 196 Å². The van der Waals surface area contributed by atoms with Crippen molar-refractivity contribution >= 4 is 33.0 Å². The molecule has 2 aromatic carbocycles. The Morgan fingerprint density at radius 1 is 1.12 bits per heavy atom. The first-order chi connectivity index (χ1) is 15.2. The van der Waals surface area contributed by atoms with Crippen LogP contribution in [0.4, 0.5) is 5.69 Å². The zero-order chi connectivity index (χ0) is 23.3. The molecule has 174 valence electrons. The molecule has 0 saturated carbocycles. The number of aryl methyl sites for hydroxylation is 1. The van der Waals surface area contributed by atoms with Gasteiger partial charge in [0.2, 0.25) is 0 Å². The Bertz CT molecular complexity index is 1040. The number of hydrogen-bond acceptors (Lipinski definition) is 5. The van der Waals surface area contributed by atoms with Crippen molar-refractivity contribution in [2.75, 3.05) is 36.1 Å². The highest BCUT2D eigenvalue weighted by Gasteiger charge is 2.34. The summed E-state index contributed by atoms with van der Waals surface area (Å²) in [7, 11) is -3.12. The van der Waals surface area contributed by atoms with Gasteiger partial charge in [0.25, 0.3) is 5.91 Å². The summed E-state index contributed by atoms with van der Waals surface area (Å²) in [5.41, 5.74) is 2.95. The summed E-state index contributed by atoms with van der Waals surface area (Å²) in [6.45, 7) is 8.12. The standard InChI is InChI=1S/C24H31ClN2O4S/c1-4-26(5-2)20-8-6-19(7-9-20)15-27(21-12-13-32(29,30)17-21)24(28)16-31-22-10-11-23(25)18(3)14-22/h6-11,14,21H,4-5,12-13,15-17H2,1-3H3. The monoisotopic (exact) mass is 478 g/mol. The van der Waals surface area contributed by atoms with Crippen molar-refractivity contribution < 1.29 is 17.9 Å². The van der Waals surface area contributed by atoms with Crippen LogP contribution in [-0.2, 0) is 21.2 Å². The van der Waals surface area contributed by atoms with Gasteiger partial charge in [-0.15, -0.1) is 0 Å². The maximum absolute atomic E-state index is 13.1. The first-order valence-electron chi connectivity index (χ1n) is 10.9. The van der Waals surface area contributed by atoms with Gasteiger partial charge >= 0.3 is 0 Å². The van der Waals surface area contributed by atoms with Crippen LogP contribution in [-0.4, -0.2) is 56.5 Å². The van der Waals surface area contributed by atoms with Crippen molar-refractivity contribution in [2.24, 2.45) is 0 Å². The van der Waals surface area contributed by atoms with Crippen LogP contribution in [0.1, 0.15) is 31.4 Å². The van der Waals surface area contributed by atoms with Crippen molar-refractivity contribution in [3.05, 3.63) is 58.6 Å². The van der Waals surface area contributed by atoms with E-state index in [1.54, 1.807) is 23.1 Å². The van der Waals surface area contributed by atoms with Gasteiger partial charge in [0.05, 0.1) is 11.5 Å². The van der Waals surface area contributed by atoms with Gasteiger partial charge in [0, 0.05) is 36.4 Å². The van der Waals surface area contributed by atoms with Crippen molar-refractivity contribution in [3.63, 3.8) is 0 Å². The van der Waals surface area contributed by atoms with E-state index in [4.69, 9.17) is 16.3 Å². The molecule has 0 spiro atoms. The molecule has 1 heterocycles. The van der Waals surface area contributed by atoms with E-state index in [2.05, 4.69) is 18.7 Å². The molecule has 32 heavy (non-hydrogen) atoms. The number of anilines is 1. The molecule has 2 aromatic rings. The zero-order valence-electron chi connectivity index (χ0n) is 18.9. The number of hydrogen-bond donors (Lipinski definition) is 0. The van der Waals surface area contributed by atoms with Crippen LogP contribution in [0.15, 0.2) is 42.5 Å². The molecule has 1 unspecified atom stereocenters. The second-order valence-corrected chi connectivity index (χ2v) is 10.8. The number of sulfone groups is 1. The largest absolute Gasteiger partial charge is 0.484 e. The molecule has 6 nitrogen and oxygen atoms in total. The molecule has 0 radical (unpaired) electrons. The van der Waals surface area contributed by atoms with E-state index in [9.17, 15) is 13.2 Å². The van der Waals surface area contributed by atoms with E-state index >= 15 is 0 Å². The predicted octanol–water partition coefficient (Wildman–Crippen LogP) is 4.09. The lowest BCUT2D eigenvalue weighted by Gasteiger charge is -2.29. The quantitative estimate of drug-likeness (QED) is 0.543. The number of carbonyl (C=O) groups excluding carboxylic acids is 1. The fraction of sp³-hybridized carbons (Fsp3) is 0.458. The van der Waals surface area contributed by atoms with Gasteiger partial charge in [-0.25, -0.2) is 8.42 Å². The Morgan fingerprint density at radius 3 is 2.38 bits per heavy atom. The number of ether oxygens (including phenoxy) is 1. The van der Waals surface area contributed by atoms with Gasteiger partial charge < -0.3 is 14.5 Å². The lowest BCUT2D eigenvalue weighted by atomic mass is 10.1. The van der Waals surface area contributed by atoms with E-state index < -0.39 is 9.84 Å². The number of rotatable bonds is 9. The van der Waals surface area contributed by atoms with E-state index in [1.807, 2.05) is 31.2 Å². The van der Waals surface area contributed by atoms with Gasteiger partial charge in [-0.2, -0.15) is 0 Å². The molecule has 0 bridgehead atoms. The van der Waals surface area contributed by atoms with Crippen LogP contribution >= 0.6 is 11.6 Å². The highest BCUT2D eigenvalue weighted by atomic mass is 35.5. The summed E-state index contributed by atoms with van der Waals surface area (Å²) in [5, 5.41) is 0.634. The Hall–Kier alpha value is -2.25. The highest BCUT2D eigenvalue weighted by Crippen LogP contribution is 2.24. The lowest BCUT2D eigenvalue weighted by Crippen LogP contribution is -2.43. The topological polar surface area (TPSA) is 66.9 Å². The molecule has 3 rings (SSSR count). The van der Waals surface area contributed by atoms with Crippen molar-refractivity contribution in [1.82, 2.24) is 4.90 Å². The molecule has 1 aliphatic heterocycles. The number of benzene rings is 2. The van der Waals surface area contributed by atoms with Crippen LogP contribution in [0.2, 0.25) is 5.02 Å². The molecule has 1 saturated heterocycles. The van der Waals surface area contributed by atoms with Crippen LogP contribution < -0.4 is 9.64 Å². The maximum atomic E-state index is 13.1. The summed E-state index contributed by atoms with van der Waals surface area (Å²) in [6.07, 6.45) is 0.450. The SMILES string of the molecule is CCN(CC)c1ccc(CN(C(=O)COc2ccc(Cl)c(C)c2)C2CCS(=O)(=O)C2)cc1. The predicted molar refractivity (Wildman–Crippen MR) is 129 cm³/mol. The second-order valence-electron chi connectivity index (χ2n) is 8.12. The average molecular weight is 479 g/mol. The van der Waals surface area contributed by atoms with Gasteiger partial charge in [-0.3, -0.25) is 4.79 Å². The van der Waals surface area contributed by atoms with Crippen LogP contribution in [0, 0.1) is 6.92 Å². The van der Waals surface area contributed by atoms with Gasteiger partial charge in [0.1, 0.15) is 5.75 Å². The van der Waals surface area contributed by atoms with Crippen molar-refractivity contribution in [3.8, 4) is 5.75 Å². The van der Waals surface area contributed by atoms with Gasteiger partial charge in [-0.05, 0) is 68.7 Å². The summed E-state index contributed by atoms with van der Waals surface area (Å²) in [5.74, 6) is 0.436. The zero-order valence-corrected chi connectivity index (χ0v) is 20.5. The third kappa shape index (κ3) is 6.17. The van der Waals surface area contributed by atoms with Gasteiger partial charge in [0.15, 0.2) is 16.4 Å². The smallest absolute Gasteiger partial charge is 0.261 e. The molecule has 1 amide bonds. The number of halogens is 1. The minimum atomic E-state index is -3.12. The van der Waals surface area contributed by atoms with E-state index in [1.165, 1.54) is 0 Å². The first-order valence-corrected chi connectivity index (χ1v) is 13.1. The van der Waals surface area contributed by atoms with E-state index in [-0.39, 0.29) is 30.1 Å². The normalized spacial score (nSPS) is 17.2. The molecule has 1 aliphatic rings. The summed E-state index contributed by atoms with van der Waals surface area (Å²) in [4.78, 5) is 17.0. The number of carbonyl (C=O) groups is 1. The Balaban J connectivity index is 1.74. The third-order valence-electron chi connectivity index (χ3n) is 5.88. The highest BCUT2D eigenvalue weighted by molar-refractivity contribution is 7.91. The average Bonchev–Trinajstić information content (AvgIpc) is 3.13. The molecular weight excluding hydrogens is 448 g/mol. The number of nitrogens with zero attached hydrogens (tertiary/aromatic N) is 2. The first kappa shape index (κ1) is 24.4. The maximum Gasteiger partial charge on any atom is 0.261 e. The second kappa shape index (κ2) is 10.6. The van der Waals surface area contributed by atoms with Gasteiger partial charge in [-0.1, -0.05) is 23.7 Å². The lowest BCUT2D eigenvalue weighted by molar-refractivity contribution is -0.136. The fourth-order valence-electron chi connectivity index (χ4n) is 3.97.